The first kappa shape index (κ1) is 22.6. The van der Waals surface area contributed by atoms with Crippen molar-refractivity contribution >= 4 is 5.96 Å². The number of nitrogens with one attached hydrogen (secondary N) is 2. The van der Waals surface area contributed by atoms with Crippen molar-refractivity contribution in [3.63, 3.8) is 0 Å². The number of methoxy groups -OCH3 is 2. The quantitative estimate of drug-likeness (QED) is 0.343. The van der Waals surface area contributed by atoms with E-state index in [0.717, 1.165) is 41.6 Å². The Morgan fingerprint density at radius 1 is 1.03 bits per heavy atom. The van der Waals surface area contributed by atoms with Gasteiger partial charge in [0.2, 0.25) is 0 Å². The predicted molar refractivity (Wildman–Crippen MR) is 118 cm³/mol. The Bertz CT molecular complexity index is 778. The van der Waals surface area contributed by atoms with Crippen LogP contribution in [0, 0.1) is 6.92 Å². The van der Waals surface area contributed by atoms with Gasteiger partial charge in [-0.1, -0.05) is 24.3 Å². The van der Waals surface area contributed by atoms with E-state index in [1.807, 2.05) is 24.3 Å². The van der Waals surface area contributed by atoms with Crippen LogP contribution in [0.4, 0.5) is 0 Å². The van der Waals surface area contributed by atoms with E-state index in [2.05, 4.69) is 47.7 Å². The van der Waals surface area contributed by atoms with E-state index in [1.54, 1.807) is 14.2 Å². The lowest BCUT2D eigenvalue weighted by Gasteiger charge is -2.15. The lowest BCUT2D eigenvalue weighted by atomic mass is 10.1. The van der Waals surface area contributed by atoms with Crippen molar-refractivity contribution in [1.29, 1.82) is 0 Å². The highest BCUT2D eigenvalue weighted by Gasteiger charge is 2.06. The van der Waals surface area contributed by atoms with Gasteiger partial charge in [-0.15, -0.1) is 0 Å². The number of ether oxygens (including phenoxy) is 3. The van der Waals surface area contributed by atoms with Gasteiger partial charge in [0.05, 0.1) is 20.3 Å². The summed E-state index contributed by atoms with van der Waals surface area (Å²) in [6.07, 6.45) is 0.863. The third-order valence-corrected chi connectivity index (χ3v) is 4.32. The molecular weight excluding hydrogens is 366 g/mol. The van der Waals surface area contributed by atoms with Crippen LogP contribution in [0.15, 0.2) is 47.5 Å². The van der Waals surface area contributed by atoms with E-state index < -0.39 is 0 Å². The molecule has 0 aliphatic rings. The highest BCUT2D eigenvalue weighted by atomic mass is 16.5. The van der Waals surface area contributed by atoms with Crippen LogP contribution in [-0.4, -0.2) is 39.9 Å². The summed E-state index contributed by atoms with van der Waals surface area (Å²) in [7, 11) is 3.37. The number of aryl methyl sites for hydroxylation is 1. The predicted octanol–water partition coefficient (Wildman–Crippen LogP) is 3.67. The fourth-order valence-corrected chi connectivity index (χ4v) is 2.79. The Morgan fingerprint density at radius 3 is 2.66 bits per heavy atom. The summed E-state index contributed by atoms with van der Waals surface area (Å²) in [6.45, 7) is 7.44. The lowest BCUT2D eigenvalue weighted by molar-refractivity contribution is 0.171. The van der Waals surface area contributed by atoms with Gasteiger partial charge in [0.15, 0.2) is 5.96 Å². The fourth-order valence-electron chi connectivity index (χ4n) is 2.79. The van der Waals surface area contributed by atoms with Crippen molar-refractivity contribution in [2.45, 2.75) is 33.4 Å². The molecular formula is C23H33N3O3. The molecule has 0 saturated heterocycles. The summed E-state index contributed by atoms with van der Waals surface area (Å²) in [5, 5.41) is 6.69. The fraction of sp³-hybridized carbons (Fsp3) is 0.435. The lowest BCUT2D eigenvalue weighted by Crippen LogP contribution is -2.36. The molecule has 0 aromatic heterocycles. The molecule has 0 amide bonds. The van der Waals surface area contributed by atoms with E-state index in [9.17, 15) is 0 Å². The summed E-state index contributed by atoms with van der Waals surface area (Å²) in [5.74, 6) is 2.50. The molecule has 2 N–H and O–H groups in total. The molecule has 29 heavy (non-hydrogen) atoms. The Kier molecular flexibility index (Phi) is 9.86. The molecule has 0 radical (unpaired) electrons. The highest BCUT2D eigenvalue weighted by Crippen LogP contribution is 2.20. The minimum atomic E-state index is 0.570. The van der Waals surface area contributed by atoms with Crippen LogP contribution < -0.4 is 20.1 Å². The molecule has 0 fully saturated rings. The first-order chi connectivity index (χ1) is 14.2. The third kappa shape index (κ3) is 8.03. The molecule has 0 spiro atoms. The van der Waals surface area contributed by atoms with Gasteiger partial charge in [-0.2, -0.15) is 0 Å². The summed E-state index contributed by atoms with van der Waals surface area (Å²) in [6, 6.07) is 14.2. The van der Waals surface area contributed by atoms with Gasteiger partial charge >= 0.3 is 0 Å². The minimum Gasteiger partial charge on any atom is -0.497 e. The molecule has 0 aliphatic carbocycles. The Hall–Kier alpha value is -2.73. The number of benzene rings is 2. The van der Waals surface area contributed by atoms with Crippen molar-refractivity contribution in [3.8, 4) is 11.5 Å². The summed E-state index contributed by atoms with van der Waals surface area (Å²) in [4.78, 5) is 4.69. The van der Waals surface area contributed by atoms with Crippen LogP contribution in [0.3, 0.4) is 0 Å². The highest BCUT2D eigenvalue weighted by molar-refractivity contribution is 5.79. The molecule has 158 valence electrons. The van der Waals surface area contributed by atoms with E-state index in [4.69, 9.17) is 14.2 Å². The van der Waals surface area contributed by atoms with Gasteiger partial charge < -0.3 is 24.8 Å². The minimum absolute atomic E-state index is 0.570. The maximum atomic E-state index is 5.97. The Labute approximate surface area is 174 Å². The molecule has 2 aromatic rings. The molecule has 2 aromatic carbocycles. The smallest absolute Gasteiger partial charge is 0.191 e. The number of hydrogen-bond donors (Lipinski definition) is 2. The molecule has 0 atom stereocenters. The van der Waals surface area contributed by atoms with Crippen LogP contribution in [-0.2, 0) is 17.8 Å². The maximum Gasteiger partial charge on any atom is 0.191 e. The standard InChI is InChI=1S/C23H33N3O3/c1-5-24-23(25-16-19-8-6-9-21(15-19)28-4)26-17-20-11-10-18(2)14-22(20)29-13-7-12-27-3/h6,8-11,14-15H,5,7,12-13,16-17H2,1-4H3,(H2,24,25,26). The number of nitrogens with zero attached hydrogens (tertiary/aromatic N) is 1. The van der Waals surface area contributed by atoms with Gasteiger partial charge in [-0.25, -0.2) is 4.99 Å². The average Bonchev–Trinajstić information content (AvgIpc) is 2.74. The van der Waals surface area contributed by atoms with Crippen molar-refractivity contribution in [2.75, 3.05) is 34.0 Å². The first-order valence-corrected chi connectivity index (χ1v) is 10.0. The summed E-state index contributed by atoms with van der Waals surface area (Å²) in [5.41, 5.74) is 3.37. The van der Waals surface area contributed by atoms with Crippen LogP contribution >= 0.6 is 0 Å². The van der Waals surface area contributed by atoms with Gasteiger partial charge in [0.25, 0.3) is 0 Å². The van der Waals surface area contributed by atoms with E-state index >= 15 is 0 Å². The molecule has 0 heterocycles. The summed E-state index contributed by atoms with van der Waals surface area (Å²) < 4.78 is 16.3. The molecule has 0 unspecified atom stereocenters. The van der Waals surface area contributed by atoms with Crippen LogP contribution in [0.2, 0.25) is 0 Å². The second-order valence-corrected chi connectivity index (χ2v) is 6.71. The van der Waals surface area contributed by atoms with Gasteiger partial charge in [0.1, 0.15) is 11.5 Å². The monoisotopic (exact) mass is 399 g/mol. The topological polar surface area (TPSA) is 64.1 Å². The average molecular weight is 400 g/mol. The second-order valence-electron chi connectivity index (χ2n) is 6.71. The van der Waals surface area contributed by atoms with E-state index in [-0.39, 0.29) is 0 Å². The molecule has 2 rings (SSSR count). The van der Waals surface area contributed by atoms with Crippen molar-refractivity contribution in [3.05, 3.63) is 59.2 Å². The Morgan fingerprint density at radius 2 is 1.90 bits per heavy atom. The van der Waals surface area contributed by atoms with E-state index in [1.165, 1.54) is 5.56 Å². The van der Waals surface area contributed by atoms with Gasteiger partial charge in [0, 0.05) is 38.8 Å². The largest absolute Gasteiger partial charge is 0.497 e. The number of aliphatic imine (C=N–C) groups is 1. The van der Waals surface area contributed by atoms with Crippen molar-refractivity contribution < 1.29 is 14.2 Å². The van der Waals surface area contributed by atoms with Crippen LogP contribution in [0.1, 0.15) is 30.0 Å². The molecule has 6 nitrogen and oxygen atoms in total. The number of rotatable bonds is 11. The van der Waals surface area contributed by atoms with Crippen LogP contribution in [0.5, 0.6) is 11.5 Å². The number of guanidine groups is 1. The van der Waals surface area contributed by atoms with Gasteiger partial charge in [-0.3, -0.25) is 0 Å². The van der Waals surface area contributed by atoms with E-state index in [0.29, 0.717) is 26.3 Å². The van der Waals surface area contributed by atoms with Gasteiger partial charge in [-0.05, 0) is 43.2 Å². The van der Waals surface area contributed by atoms with Crippen molar-refractivity contribution in [2.24, 2.45) is 4.99 Å². The zero-order valence-electron chi connectivity index (χ0n) is 18.0. The SMILES string of the molecule is CCNC(=NCc1cccc(OC)c1)NCc1ccc(C)cc1OCCCOC. The second kappa shape index (κ2) is 12.7. The molecule has 0 bridgehead atoms. The molecule has 0 aliphatic heterocycles. The molecule has 6 heteroatoms. The summed E-state index contributed by atoms with van der Waals surface area (Å²) >= 11 is 0. The third-order valence-electron chi connectivity index (χ3n) is 4.32. The van der Waals surface area contributed by atoms with Crippen LogP contribution in [0.25, 0.3) is 0 Å². The maximum absolute atomic E-state index is 5.97. The first-order valence-electron chi connectivity index (χ1n) is 10.0. The normalized spacial score (nSPS) is 11.2. The van der Waals surface area contributed by atoms with Crippen molar-refractivity contribution in [1.82, 2.24) is 10.6 Å². The zero-order valence-corrected chi connectivity index (χ0v) is 18.0. The zero-order chi connectivity index (χ0) is 20.9. The number of hydrogen-bond acceptors (Lipinski definition) is 4. The molecule has 0 saturated carbocycles. The Balaban J connectivity index is 2.01.